The number of hydrogen-bond acceptors (Lipinski definition) is 3. The van der Waals surface area contributed by atoms with E-state index in [-0.39, 0.29) is 12.5 Å². The third-order valence-corrected chi connectivity index (χ3v) is 2.65. The maximum atomic E-state index is 11.9. The molecule has 0 rings (SSSR count). The molecule has 0 spiro atoms. The van der Waals surface area contributed by atoms with Crippen LogP contribution < -0.4 is 5.73 Å². The van der Waals surface area contributed by atoms with Crippen LogP contribution in [0.2, 0.25) is 0 Å². The first-order valence-corrected chi connectivity index (χ1v) is 6.32. The van der Waals surface area contributed by atoms with E-state index < -0.39 is 6.04 Å². The predicted octanol–water partition coefficient (Wildman–Crippen LogP) is 1.12. The third kappa shape index (κ3) is 6.08. The zero-order valence-corrected chi connectivity index (χ0v) is 10.6. The summed E-state index contributed by atoms with van der Waals surface area (Å²) in [7, 11) is 0. The number of aliphatic hydroxyl groups is 1. The molecule has 0 aliphatic carbocycles. The number of carbonyl (C=O) groups is 1. The molecule has 0 heterocycles. The summed E-state index contributed by atoms with van der Waals surface area (Å²) in [5.41, 5.74) is 5.83. The highest BCUT2D eigenvalue weighted by atomic mass is 16.3. The zero-order chi connectivity index (χ0) is 12.4. The van der Waals surface area contributed by atoms with Gasteiger partial charge >= 0.3 is 0 Å². The van der Waals surface area contributed by atoms with Crippen molar-refractivity contribution in [3.8, 4) is 0 Å². The van der Waals surface area contributed by atoms with Gasteiger partial charge in [-0.05, 0) is 12.8 Å². The minimum atomic E-state index is -0.400. The van der Waals surface area contributed by atoms with Crippen LogP contribution in [-0.2, 0) is 4.79 Å². The van der Waals surface area contributed by atoms with E-state index in [9.17, 15) is 4.79 Å². The van der Waals surface area contributed by atoms with Gasteiger partial charge in [0.1, 0.15) is 0 Å². The molecule has 0 aliphatic rings. The first kappa shape index (κ1) is 15.4. The van der Waals surface area contributed by atoms with Gasteiger partial charge in [-0.15, -0.1) is 0 Å². The molecule has 1 unspecified atom stereocenters. The van der Waals surface area contributed by atoms with E-state index >= 15 is 0 Å². The monoisotopic (exact) mass is 230 g/mol. The van der Waals surface area contributed by atoms with Crippen LogP contribution in [0.4, 0.5) is 0 Å². The van der Waals surface area contributed by atoms with Crippen molar-refractivity contribution in [3.05, 3.63) is 0 Å². The maximum Gasteiger partial charge on any atom is 0.239 e. The highest BCUT2D eigenvalue weighted by Gasteiger charge is 2.19. The van der Waals surface area contributed by atoms with Gasteiger partial charge in [0.25, 0.3) is 0 Å². The fraction of sp³-hybridized carbons (Fsp3) is 0.917. The van der Waals surface area contributed by atoms with E-state index in [4.69, 9.17) is 10.8 Å². The minimum absolute atomic E-state index is 0.00987. The lowest BCUT2D eigenvalue weighted by atomic mass is 10.1. The predicted molar refractivity (Wildman–Crippen MR) is 66.1 cm³/mol. The molecule has 1 amide bonds. The van der Waals surface area contributed by atoms with E-state index in [0.717, 1.165) is 32.1 Å². The highest BCUT2D eigenvalue weighted by Crippen LogP contribution is 2.04. The number of nitrogens with zero attached hydrogens (tertiary/aromatic N) is 1. The average Bonchev–Trinajstić information content (AvgIpc) is 2.30. The van der Waals surface area contributed by atoms with Gasteiger partial charge in [0.05, 0.1) is 12.6 Å². The molecule has 0 aliphatic heterocycles. The van der Waals surface area contributed by atoms with Gasteiger partial charge < -0.3 is 15.7 Å². The molecule has 0 aromatic rings. The molecule has 96 valence electrons. The van der Waals surface area contributed by atoms with Crippen molar-refractivity contribution in [3.63, 3.8) is 0 Å². The van der Waals surface area contributed by atoms with Crippen molar-refractivity contribution in [1.82, 2.24) is 4.90 Å². The van der Waals surface area contributed by atoms with Crippen LogP contribution in [0.25, 0.3) is 0 Å². The van der Waals surface area contributed by atoms with Crippen LogP contribution >= 0.6 is 0 Å². The molecule has 0 aromatic heterocycles. The van der Waals surface area contributed by atoms with Gasteiger partial charge in [0, 0.05) is 13.1 Å². The molecule has 3 N–H and O–H groups in total. The zero-order valence-electron chi connectivity index (χ0n) is 10.6. The lowest BCUT2D eigenvalue weighted by molar-refractivity contribution is -0.133. The number of rotatable bonds is 9. The van der Waals surface area contributed by atoms with Gasteiger partial charge in [-0.1, -0.05) is 33.1 Å². The Morgan fingerprint density at radius 1 is 1.25 bits per heavy atom. The van der Waals surface area contributed by atoms with Gasteiger partial charge in [-0.25, -0.2) is 0 Å². The van der Waals surface area contributed by atoms with Crippen LogP contribution in [-0.4, -0.2) is 41.7 Å². The standard InChI is InChI=1S/C12H26N2O2/c1-3-5-7-11(13)12(16)14(9-10-15)8-6-4-2/h11,15H,3-10,13H2,1-2H3. The first-order chi connectivity index (χ1) is 7.67. The Kier molecular flexibility index (Phi) is 9.24. The van der Waals surface area contributed by atoms with Gasteiger partial charge in [0.2, 0.25) is 5.91 Å². The third-order valence-electron chi connectivity index (χ3n) is 2.65. The number of amides is 1. The molecule has 1 atom stereocenters. The molecule has 16 heavy (non-hydrogen) atoms. The normalized spacial score (nSPS) is 12.5. The maximum absolute atomic E-state index is 11.9. The van der Waals surface area contributed by atoms with E-state index in [1.807, 2.05) is 0 Å². The summed E-state index contributed by atoms with van der Waals surface area (Å²) in [5, 5.41) is 8.91. The van der Waals surface area contributed by atoms with Crippen LogP contribution in [0.15, 0.2) is 0 Å². The number of hydrogen-bond donors (Lipinski definition) is 2. The van der Waals surface area contributed by atoms with Crippen LogP contribution in [0.3, 0.4) is 0 Å². The lowest BCUT2D eigenvalue weighted by Gasteiger charge is -2.24. The Labute approximate surface area is 98.8 Å². The molecular weight excluding hydrogens is 204 g/mol. The summed E-state index contributed by atoms with van der Waals surface area (Å²) in [6, 6.07) is -0.400. The van der Waals surface area contributed by atoms with E-state index in [0.29, 0.717) is 13.1 Å². The van der Waals surface area contributed by atoms with Crippen LogP contribution in [0.5, 0.6) is 0 Å². The fourth-order valence-corrected chi connectivity index (χ4v) is 1.58. The van der Waals surface area contributed by atoms with Crippen LogP contribution in [0, 0.1) is 0 Å². The second-order valence-corrected chi connectivity index (χ2v) is 4.15. The van der Waals surface area contributed by atoms with Crippen molar-refractivity contribution in [2.75, 3.05) is 19.7 Å². The molecule has 4 nitrogen and oxygen atoms in total. The molecule has 0 saturated heterocycles. The van der Waals surface area contributed by atoms with Crippen LogP contribution in [0.1, 0.15) is 46.0 Å². The summed E-state index contributed by atoms with van der Waals surface area (Å²) in [6.45, 7) is 5.28. The number of unbranched alkanes of at least 4 members (excludes halogenated alkanes) is 2. The molecule has 0 bridgehead atoms. The minimum Gasteiger partial charge on any atom is -0.395 e. The summed E-state index contributed by atoms with van der Waals surface area (Å²) in [6.07, 6.45) is 4.78. The SMILES string of the molecule is CCCCC(N)C(=O)N(CCO)CCCC. The molecular formula is C12H26N2O2. The number of aliphatic hydroxyl groups excluding tert-OH is 1. The van der Waals surface area contributed by atoms with Crippen molar-refractivity contribution < 1.29 is 9.90 Å². The van der Waals surface area contributed by atoms with E-state index in [2.05, 4.69) is 13.8 Å². The molecule has 0 radical (unpaired) electrons. The lowest BCUT2D eigenvalue weighted by Crippen LogP contribution is -2.45. The van der Waals surface area contributed by atoms with Gasteiger partial charge in [0.15, 0.2) is 0 Å². The largest absolute Gasteiger partial charge is 0.395 e. The van der Waals surface area contributed by atoms with Gasteiger partial charge in [-0.2, -0.15) is 0 Å². The average molecular weight is 230 g/mol. The van der Waals surface area contributed by atoms with Gasteiger partial charge in [-0.3, -0.25) is 4.79 Å². The summed E-state index contributed by atoms with van der Waals surface area (Å²) >= 11 is 0. The van der Waals surface area contributed by atoms with E-state index in [1.165, 1.54) is 0 Å². The van der Waals surface area contributed by atoms with Crippen molar-refractivity contribution in [2.24, 2.45) is 5.73 Å². The Morgan fingerprint density at radius 3 is 2.38 bits per heavy atom. The molecule has 0 aromatic carbocycles. The van der Waals surface area contributed by atoms with Crippen molar-refractivity contribution in [1.29, 1.82) is 0 Å². The molecule has 4 heteroatoms. The molecule has 0 fully saturated rings. The summed E-state index contributed by atoms with van der Waals surface area (Å²) < 4.78 is 0. The number of carbonyl (C=O) groups excluding carboxylic acids is 1. The Hall–Kier alpha value is -0.610. The number of nitrogens with two attached hydrogens (primary N) is 1. The second-order valence-electron chi connectivity index (χ2n) is 4.15. The fourth-order valence-electron chi connectivity index (χ4n) is 1.58. The quantitative estimate of drug-likeness (QED) is 0.624. The van der Waals surface area contributed by atoms with Crippen molar-refractivity contribution in [2.45, 2.75) is 52.0 Å². The Bertz CT molecular complexity index is 186. The second kappa shape index (κ2) is 9.60. The Morgan fingerprint density at radius 2 is 1.88 bits per heavy atom. The first-order valence-electron chi connectivity index (χ1n) is 6.32. The van der Waals surface area contributed by atoms with Crippen molar-refractivity contribution >= 4 is 5.91 Å². The van der Waals surface area contributed by atoms with E-state index in [1.54, 1.807) is 4.90 Å². The molecule has 0 saturated carbocycles. The summed E-state index contributed by atoms with van der Waals surface area (Å²) in [4.78, 5) is 13.6. The highest BCUT2D eigenvalue weighted by molar-refractivity contribution is 5.81. The Balaban J connectivity index is 4.12. The summed E-state index contributed by atoms with van der Waals surface area (Å²) in [5.74, 6) is -0.0176. The topological polar surface area (TPSA) is 66.6 Å². The smallest absolute Gasteiger partial charge is 0.239 e.